The van der Waals surface area contributed by atoms with Gasteiger partial charge >= 0.3 is 0 Å². The van der Waals surface area contributed by atoms with Crippen molar-refractivity contribution in [2.75, 3.05) is 0 Å². The molecule has 0 aliphatic heterocycles. The van der Waals surface area contributed by atoms with Gasteiger partial charge in [-0.15, -0.1) is 24.0 Å². The molecule has 1 aromatic carbocycles. The minimum atomic E-state index is 0. The van der Waals surface area contributed by atoms with Crippen molar-refractivity contribution in [2.45, 2.75) is 50.1 Å². The first-order valence-corrected chi connectivity index (χ1v) is 7.45. The van der Waals surface area contributed by atoms with Crippen LogP contribution in [0.1, 0.15) is 43.6 Å². The summed E-state index contributed by atoms with van der Waals surface area (Å²) in [5, 5.41) is 4.13. The molecule has 0 aromatic heterocycles. The van der Waals surface area contributed by atoms with E-state index in [4.69, 9.17) is 17.3 Å². The number of guanidine groups is 1. The Morgan fingerprint density at radius 2 is 2.05 bits per heavy atom. The fourth-order valence-corrected chi connectivity index (χ4v) is 3.11. The van der Waals surface area contributed by atoms with Gasteiger partial charge in [-0.05, 0) is 37.0 Å². The van der Waals surface area contributed by atoms with E-state index in [0.717, 1.165) is 11.4 Å². The quantitative estimate of drug-likeness (QED) is 0.458. The third kappa shape index (κ3) is 4.01. The molecule has 0 saturated heterocycles. The van der Waals surface area contributed by atoms with E-state index in [1.54, 1.807) is 0 Å². The lowest BCUT2D eigenvalue weighted by Crippen LogP contribution is -2.38. The van der Waals surface area contributed by atoms with Crippen molar-refractivity contribution < 1.29 is 0 Å². The lowest BCUT2D eigenvalue weighted by atomic mass is 10.1. The predicted octanol–water partition coefficient (Wildman–Crippen LogP) is 3.66. The summed E-state index contributed by atoms with van der Waals surface area (Å²) >= 11 is 6.01. The van der Waals surface area contributed by atoms with Gasteiger partial charge in [-0.25, -0.2) is 4.99 Å². The largest absolute Gasteiger partial charge is 0.370 e. The highest BCUT2D eigenvalue weighted by Crippen LogP contribution is 2.43. The monoisotopic (exact) mass is 405 g/mol. The third-order valence-corrected chi connectivity index (χ3v) is 4.28. The highest BCUT2D eigenvalue weighted by atomic mass is 127. The lowest BCUT2D eigenvalue weighted by molar-refractivity contribution is 0.625. The third-order valence-electron chi connectivity index (χ3n) is 4.05. The Hall–Kier alpha value is -0.490. The molecule has 0 radical (unpaired) electrons. The zero-order chi connectivity index (χ0) is 13.2. The second kappa shape index (κ2) is 6.98. The fourth-order valence-electron chi connectivity index (χ4n) is 2.91. The summed E-state index contributed by atoms with van der Waals surface area (Å²) in [6, 6.07) is 8.91. The van der Waals surface area contributed by atoms with Gasteiger partial charge in [0.1, 0.15) is 0 Å². The van der Waals surface area contributed by atoms with Crippen molar-refractivity contribution in [3.05, 3.63) is 34.9 Å². The average Bonchev–Trinajstić information content (AvgIpc) is 2.94. The average molecular weight is 406 g/mol. The zero-order valence-electron chi connectivity index (χ0n) is 11.4. The van der Waals surface area contributed by atoms with Gasteiger partial charge in [0.05, 0.1) is 6.04 Å². The van der Waals surface area contributed by atoms with E-state index in [1.165, 1.54) is 31.2 Å². The Balaban J connectivity index is 0.00000147. The van der Waals surface area contributed by atoms with Crippen LogP contribution in [0, 0.1) is 0 Å². The van der Waals surface area contributed by atoms with Crippen molar-refractivity contribution in [1.29, 1.82) is 0 Å². The molecular formula is C15H21ClIN3. The molecular weight excluding hydrogens is 385 g/mol. The van der Waals surface area contributed by atoms with Gasteiger partial charge in [-0.2, -0.15) is 0 Å². The van der Waals surface area contributed by atoms with E-state index in [2.05, 4.69) is 16.4 Å². The van der Waals surface area contributed by atoms with Gasteiger partial charge in [0.15, 0.2) is 5.96 Å². The number of hydrogen-bond acceptors (Lipinski definition) is 1. The normalized spacial score (nSPS) is 26.1. The van der Waals surface area contributed by atoms with E-state index < -0.39 is 0 Å². The van der Waals surface area contributed by atoms with Crippen LogP contribution in [-0.4, -0.2) is 18.0 Å². The first-order valence-electron chi connectivity index (χ1n) is 7.07. The number of aliphatic imine (C=N–C) groups is 1. The van der Waals surface area contributed by atoms with E-state index in [-0.39, 0.29) is 24.0 Å². The number of benzene rings is 1. The van der Waals surface area contributed by atoms with Gasteiger partial charge in [0.25, 0.3) is 0 Å². The topological polar surface area (TPSA) is 50.4 Å². The molecule has 1 aromatic rings. The van der Waals surface area contributed by atoms with Crippen molar-refractivity contribution in [1.82, 2.24) is 5.32 Å². The summed E-state index contributed by atoms with van der Waals surface area (Å²) in [7, 11) is 0. The molecule has 0 spiro atoms. The second-order valence-corrected chi connectivity index (χ2v) is 6.04. The summed E-state index contributed by atoms with van der Waals surface area (Å²) < 4.78 is 0. The second-order valence-electron chi connectivity index (χ2n) is 5.60. The summed E-state index contributed by atoms with van der Waals surface area (Å²) in [6.07, 6.45) is 6.13. The molecule has 2 fully saturated rings. The number of halogens is 2. The van der Waals surface area contributed by atoms with Crippen LogP contribution in [0.5, 0.6) is 0 Å². The standard InChI is InChI=1S/C15H20ClN3.HI/c16-11-5-3-4-10(8-11)13-9-14(13)19-15(17)18-12-6-1-2-7-12;/h3-5,8,12-14H,1-2,6-7,9H2,(H3,17,18,19);1H/t13-,14+;/m0./s1. The summed E-state index contributed by atoms with van der Waals surface area (Å²) in [4.78, 5) is 4.58. The number of nitrogens with two attached hydrogens (primary N) is 1. The molecule has 110 valence electrons. The van der Waals surface area contributed by atoms with Gasteiger partial charge in [-0.1, -0.05) is 36.6 Å². The maximum absolute atomic E-state index is 6.01. The van der Waals surface area contributed by atoms with Crippen LogP contribution >= 0.6 is 35.6 Å². The van der Waals surface area contributed by atoms with Crippen LogP contribution in [-0.2, 0) is 0 Å². The summed E-state index contributed by atoms with van der Waals surface area (Å²) in [5.41, 5.74) is 7.25. The van der Waals surface area contributed by atoms with Gasteiger partial charge in [0, 0.05) is 17.0 Å². The Labute approximate surface area is 142 Å². The molecule has 3 N–H and O–H groups in total. The molecule has 2 saturated carbocycles. The Bertz CT molecular complexity index is 486. The van der Waals surface area contributed by atoms with Crippen LogP contribution in [0.25, 0.3) is 0 Å². The Kier molecular flexibility index (Phi) is 5.55. The maximum atomic E-state index is 6.01. The number of hydrogen-bond donors (Lipinski definition) is 2. The number of rotatable bonds is 3. The van der Waals surface area contributed by atoms with Crippen LogP contribution in [0.2, 0.25) is 5.02 Å². The molecule has 5 heteroatoms. The smallest absolute Gasteiger partial charge is 0.189 e. The molecule has 0 bridgehead atoms. The maximum Gasteiger partial charge on any atom is 0.189 e. The predicted molar refractivity (Wildman–Crippen MR) is 95.0 cm³/mol. The van der Waals surface area contributed by atoms with Crippen molar-refractivity contribution in [2.24, 2.45) is 10.7 Å². The van der Waals surface area contributed by atoms with Crippen molar-refractivity contribution in [3.63, 3.8) is 0 Å². The SMILES string of the molecule is I.NC(=N[C@@H]1C[C@H]1c1cccc(Cl)c1)NC1CCCC1. The number of nitrogens with one attached hydrogen (secondary N) is 1. The highest BCUT2D eigenvalue weighted by Gasteiger charge is 2.38. The summed E-state index contributed by atoms with van der Waals surface area (Å²) in [6.45, 7) is 0. The molecule has 2 aliphatic rings. The van der Waals surface area contributed by atoms with Crippen molar-refractivity contribution >= 4 is 41.5 Å². The van der Waals surface area contributed by atoms with E-state index >= 15 is 0 Å². The zero-order valence-corrected chi connectivity index (χ0v) is 14.5. The number of nitrogens with zero attached hydrogens (tertiary/aromatic N) is 1. The molecule has 3 nitrogen and oxygen atoms in total. The molecule has 0 heterocycles. The Morgan fingerprint density at radius 1 is 1.30 bits per heavy atom. The summed E-state index contributed by atoms with van der Waals surface area (Å²) in [5.74, 6) is 1.10. The Morgan fingerprint density at radius 3 is 2.75 bits per heavy atom. The van der Waals surface area contributed by atoms with Crippen LogP contribution in [0.4, 0.5) is 0 Å². The molecule has 2 aliphatic carbocycles. The van der Waals surface area contributed by atoms with Crippen molar-refractivity contribution in [3.8, 4) is 0 Å². The lowest BCUT2D eigenvalue weighted by Gasteiger charge is -2.12. The van der Waals surface area contributed by atoms with E-state index in [1.807, 2.05) is 18.2 Å². The minimum absolute atomic E-state index is 0. The van der Waals surface area contributed by atoms with Gasteiger partial charge in [-0.3, -0.25) is 0 Å². The van der Waals surface area contributed by atoms with Crippen LogP contribution in [0.3, 0.4) is 0 Å². The van der Waals surface area contributed by atoms with Gasteiger partial charge in [0.2, 0.25) is 0 Å². The van der Waals surface area contributed by atoms with E-state index in [9.17, 15) is 0 Å². The van der Waals surface area contributed by atoms with Crippen LogP contribution < -0.4 is 11.1 Å². The molecule has 0 amide bonds. The molecule has 2 atom stereocenters. The first-order chi connectivity index (χ1) is 9.22. The molecule has 20 heavy (non-hydrogen) atoms. The first kappa shape index (κ1) is 15.9. The highest BCUT2D eigenvalue weighted by molar-refractivity contribution is 14.0. The molecule has 3 rings (SSSR count). The molecule has 0 unspecified atom stereocenters. The minimum Gasteiger partial charge on any atom is -0.370 e. The fraction of sp³-hybridized carbons (Fsp3) is 0.533. The van der Waals surface area contributed by atoms with E-state index in [0.29, 0.717) is 24.0 Å². The van der Waals surface area contributed by atoms with Gasteiger partial charge < -0.3 is 11.1 Å². The van der Waals surface area contributed by atoms with Crippen LogP contribution in [0.15, 0.2) is 29.3 Å².